The molecule has 1 unspecified atom stereocenters. The van der Waals surface area contributed by atoms with E-state index >= 15 is 0 Å². The summed E-state index contributed by atoms with van der Waals surface area (Å²) >= 11 is 0. The van der Waals surface area contributed by atoms with Gasteiger partial charge in [0, 0.05) is 1.37 Å². The Morgan fingerprint density at radius 2 is 1.77 bits per heavy atom. The van der Waals surface area contributed by atoms with Gasteiger partial charge in [0.1, 0.15) is 12.2 Å². The third-order valence-corrected chi connectivity index (χ3v) is 2.57. The molecule has 0 bridgehead atoms. The molecule has 13 heavy (non-hydrogen) atoms. The molecule has 1 rings (SSSR count). The fraction of sp³-hybridized carbons (Fsp3) is 1.00. The topological polar surface area (TPSA) is 80.9 Å². The van der Waals surface area contributed by atoms with E-state index in [1.54, 1.807) is 0 Å². The standard InChI is InChI=1S/C9H18O4/c10-5-7(11)9(13)8(12)6-3-1-2-4-6/h6-13H,1-5H2/t7-,8?,9+/m1/s1/i6D. The maximum absolute atomic E-state index is 9.67. The zero-order chi connectivity index (χ0) is 10.8. The van der Waals surface area contributed by atoms with Crippen LogP contribution in [0.15, 0.2) is 0 Å². The minimum absolute atomic E-state index is 0.531. The van der Waals surface area contributed by atoms with Crippen molar-refractivity contribution in [2.45, 2.75) is 44.0 Å². The molecule has 0 saturated heterocycles. The summed E-state index contributed by atoms with van der Waals surface area (Å²) in [6.07, 6.45) is -1.30. The molecule has 1 fully saturated rings. The highest BCUT2D eigenvalue weighted by molar-refractivity contribution is 4.83. The summed E-state index contributed by atoms with van der Waals surface area (Å²) in [7, 11) is 0. The predicted octanol–water partition coefficient (Wildman–Crippen LogP) is -0.748. The van der Waals surface area contributed by atoms with Crippen LogP contribution >= 0.6 is 0 Å². The van der Waals surface area contributed by atoms with Gasteiger partial charge in [0.15, 0.2) is 0 Å². The van der Waals surface area contributed by atoms with Gasteiger partial charge >= 0.3 is 0 Å². The zero-order valence-electron chi connectivity index (χ0n) is 8.56. The van der Waals surface area contributed by atoms with Crippen LogP contribution in [0.3, 0.4) is 0 Å². The van der Waals surface area contributed by atoms with E-state index in [-0.39, 0.29) is 0 Å². The van der Waals surface area contributed by atoms with Crippen molar-refractivity contribution in [2.24, 2.45) is 5.89 Å². The van der Waals surface area contributed by atoms with E-state index in [0.29, 0.717) is 12.8 Å². The number of rotatable bonds is 4. The molecule has 0 amide bonds. The van der Waals surface area contributed by atoms with Gasteiger partial charge in [0.25, 0.3) is 0 Å². The lowest BCUT2D eigenvalue weighted by Gasteiger charge is -2.25. The SMILES string of the molecule is [2H]C1(C(O)[C@@H](O)[C@H](O)CO)CCCC1. The summed E-state index contributed by atoms with van der Waals surface area (Å²) in [5.74, 6) is -1.06. The molecule has 0 heterocycles. The molecule has 1 aliphatic rings. The number of hydrogen-bond donors (Lipinski definition) is 4. The van der Waals surface area contributed by atoms with E-state index in [4.69, 9.17) is 11.6 Å². The van der Waals surface area contributed by atoms with Gasteiger partial charge in [-0.2, -0.15) is 0 Å². The molecule has 78 valence electrons. The first kappa shape index (κ1) is 9.40. The highest BCUT2D eigenvalue weighted by Crippen LogP contribution is 2.29. The van der Waals surface area contributed by atoms with Crippen molar-refractivity contribution in [3.63, 3.8) is 0 Å². The molecule has 0 radical (unpaired) electrons. The van der Waals surface area contributed by atoms with Crippen LogP contribution in [0.2, 0.25) is 0 Å². The maximum atomic E-state index is 9.67. The third kappa shape index (κ3) is 2.64. The van der Waals surface area contributed by atoms with E-state index in [0.717, 1.165) is 12.8 Å². The molecule has 0 aromatic carbocycles. The second kappa shape index (κ2) is 4.91. The molecule has 3 atom stereocenters. The smallest absolute Gasteiger partial charge is 0.108 e. The van der Waals surface area contributed by atoms with E-state index in [9.17, 15) is 10.2 Å². The van der Waals surface area contributed by atoms with Crippen LogP contribution in [-0.2, 0) is 0 Å². The van der Waals surface area contributed by atoms with Crippen LogP contribution in [0.5, 0.6) is 0 Å². The van der Waals surface area contributed by atoms with Gasteiger partial charge in [-0.05, 0) is 18.7 Å². The van der Waals surface area contributed by atoms with Crippen LogP contribution in [0, 0.1) is 5.89 Å². The summed E-state index contributed by atoms with van der Waals surface area (Å²) in [6, 6.07) is 0. The van der Waals surface area contributed by atoms with Crippen LogP contribution in [-0.4, -0.2) is 45.3 Å². The van der Waals surface area contributed by atoms with Crippen molar-refractivity contribution in [3.8, 4) is 0 Å². The van der Waals surface area contributed by atoms with Crippen molar-refractivity contribution < 1.29 is 21.8 Å². The summed E-state index contributed by atoms with van der Waals surface area (Å²) in [4.78, 5) is 0. The number of aliphatic hydroxyl groups is 4. The van der Waals surface area contributed by atoms with E-state index in [1.807, 2.05) is 0 Å². The van der Waals surface area contributed by atoms with Crippen LogP contribution in [0.1, 0.15) is 27.1 Å². The summed E-state index contributed by atoms with van der Waals surface area (Å²) in [6.45, 7) is -0.603. The highest BCUT2D eigenvalue weighted by atomic mass is 16.4. The minimum Gasteiger partial charge on any atom is -0.394 e. The van der Waals surface area contributed by atoms with Gasteiger partial charge in [-0.25, -0.2) is 0 Å². The van der Waals surface area contributed by atoms with E-state index in [1.165, 1.54) is 0 Å². The van der Waals surface area contributed by atoms with E-state index < -0.39 is 30.8 Å². The van der Waals surface area contributed by atoms with Gasteiger partial charge in [-0.1, -0.05) is 12.8 Å². The summed E-state index contributed by atoms with van der Waals surface area (Å²) in [5.41, 5.74) is 0. The molecule has 1 aliphatic carbocycles. The van der Waals surface area contributed by atoms with Crippen LogP contribution < -0.4 is 0 Å². The van der Waals surface area contributed by atoms with Crippen LogP contribution in [0.25, 0.3) is 0 Å². The fourth-order valence-corrected chi connectivity index (χ4v) is 1.68. The first-order valence-corrected chi connectivity index (χ1v) is 4.66. The second-order valence-corrected chi connectivity index (χ2v) is 3.55. The van der Waals surface area contributed by atoms with Crippen molar-refractivity contribution in [3.05, 3.63) is 0 Å². The normalized spacial score (nSPS) is 29.4. The molecular formula is C9H18O4. The molecule has 0 spiro atoms. The average molecular weight is 191 g/mol. The Morgan fingerprint density at radius 3 is 2.23 bits per heavy atom. The van der Waals surface area contributed by atoms with Crippen molar-refractivity contribution in [1.29, 1.82) is 0 Å². The quantitative estimate of drug-likeness (QED) is 0.471. The maximum Gasteiger partial charge on any atom is 0.108 e. The Balaban J connectivity index is 2.58. The Morgan fingerprint density at radius 1 is 1.23 bits per heavy atom. The van der Waals surface area contributed by atoms with Crippen molar-refractivity contribution >= 4 is 0 Å². The molecule has 0 aliphatic heterocycles. The Labute approximate surface area is 79.2 Å². The number of hydrogen-bond acceptors (Lipinski definition) is 4. The van der Waals surface area contributed by atoms with Crippen molar-refractivity contribution in [1.82, 2.24) is 0 Å². The molecule has 0 aromatic heterocycles. The second-order valence-electron chi connectivity index (χ2n) is 3.55. The predicted molar refractivity (Wildman–Crippen MR) is 47.1 cm³/mol. The lowest BCUT2D eigenvalue weighted by molar-refractivity contribution is -0.0937. The van der Waals surface area contributed by atoms with Gasteiger partial charge in [0.2, 0.25) is 0 Å². The molecule has 4 nitrogen and oxygen atoms in total. The monoisotopic (exact) mass is 191 g/mol. The van der Waals surface area contributed by atoms with Gasteiger partial charge < -0.3 is 20.4 Å². The van der Waals surface area contributed by atoms with Gasteiger partial charge in [-0.3, -0.25) is 0 Å². The van der Waals surface area contributed by atoms with Gasteiger partial charge in [0.05, 0.1) is 12.7 Å². The largest absolute Gasteiger partial charge is 0.394 e. The molecule has 4 N–H and O–H groups in total. The third-order valence-electron chi connectivity index (χ3n) is 2.57. The molecule has 1 saturated carbocycles. The summed E-state index contributed by atoms with van der Waals surface area (Å²) in [5, 5.41) is 36.8. The molecule has 0 aromatic rings. The lowest BCUT2D eigenvalue weighted by atomic mass is 9.94. The fourth-order valence-electron chi connectivity index (χ4n) is 1.68. The van der Waals surface area contributed by atoms with E-state index in [2.05, 4.69) is 0 Å². The summed E-state index contributed by atoms with van der Waals surface area (Å²) < 4.78 is 7.88. The zero-order valence-corrected chi connectivity index (χ0v) is 7.56. The molecule has 4 heteroatoms. The van der Waals surface area contributed by atoms with Crippen LogP contribution in [0.4, 0.5) is 0 Å². The average Bonchev–Trinajstić information content (AvgIpc) is 2.63. The highest BCUT2D eigenvalue weighted by Gasteiger charge is 2.32. The Hall–Kier alpha value is -0.160. The first-order chi connectivity index (χ1) is 6.51. The van der Waals surface area contributed by atoms with Crippen molar-refractivity contribution in [2.75, 3.05) is 6.61 Å². The Kier molecular flexibility index (Phi) is 3.55. The van der Waals surface area contributed by atoms with Gasteiger partial charge in [-0.15, -0.1) is 0 Å². The Bertz CT molecular complexity index is 182. The lowest BCUT2D eigenvalue weighted by Crippen LogP contribution is -2.42. The number of aliphatic hydroxyl groups excluding tert-OH is 4. The first-order valence-electron chi connectivity index (χ1n) is 5.16. The minimum atomic E-state index is -1.43. The molecular weight excluding hydrogens is 172 g/mol.